The summed E-state index contributed by atoms with van der Waals surface area (Å²) in [5.74, 6) is 6.58. The minimum Gasteiger partial charge on any atom is -0.131 e. The second-order valence-corrected chi connectivity index (χ2v) is 9.50. The molecule has 4 fully saturated rings. The summed E-state index contributed by atoms with van der Waals surface area (Å²) in [7, 11) is 3.47. The molecular formula is C18H31P. The molecule has 0 aliphatic heterocycles. The molecule has 19 heavy (non-hydrogen) atoms. The SMILES string of the molecule is CCCC(P)(C1CC2CCC1C2)C1CC2CCC1C2. The summed E-state index contributed by atoms with van der Waals surface area (Å²) >= 11 is 0. The zero-order chi connectivity index (χ0) is 13.0. The fraction of sp³-hybridized carbons (Fsp3) is 1.00. The van der Waals surface area contributed by atoms with Crippen molar-refractivity contribution < 1.29 is 0 Å². The van der Waals surface area contributed by atoms with Gasteiger partial charge in [-0.1, -0.05) is 26.2 Å². The smallest absolute Gasteiger partial charge is 0.00885 e. The maximum Gasteiger partial charge on any atom is -0.00885 e. The Morgan fingerprint density at radius 3 is 1.68 bits per heavy atom. The summed E-state index contributed by atoms with van der Waals surface area (Å²) < 4.78 is 0. The average Bonchev–Trinajstić information content (AvgIpc) is 3.18. The van der Waals surface area contributed by atoms with Gasteiger partial charge in [-0.15, -0.1) is 9.24 Å². The highest BCUT2D eigenvalue weighted by atomic mass is 31.0. The second kappa shape index (κ2) is 4.72. The molecule has 4 bridgehead atoms. The van der Waals surface area contributed by atoms with Crippen LogP contribution < -0.4 is 0 Å². The molecule has 0 amide bonds. The van der Waals surface area contributed by atoms with Crippen LogP contribution >= 0.6 is 9.24 Å². The van der Waals surface area contributed by atoms with Gasteiger partial charge in [-0.05, 0) is 85.6 Å². The fourth-order valence-electron chi connectivity index (χ4n) is 6.88. The first-order chi connectivity index (χ1) is 9.20. The Morgan fingerprint density at radius 2 is 1.37 bits per heavy atom. The van der Waals surface area contributed by atoms with E-state index < -0.39 is 0 Å². The first-order valence-corrected chi connectivity index (χ1v) is 9.57. The van der Waals surface area contributed by atoms with Gasteiger partial charge in [-0.25, -0.2) is 0 Å². The van der Waals surface area contributed by atoms with Crippen LogP contribution in [0.4, 0.5) is 0 Å². The normalized spacial score (nSPS) is 50.8. The van der Waals surface area contributed by atoms with Crippen LogP contribution in [0.15, 0.2) is 0 Å². The molecule has 0 radical (unpaired) electrons. The van der Waals surface area contributed by atoms with Gasteiger partial charge in [0.25, 0.3) is 0 Å². The van der Waals surface area contributed by atoms with E-state index in [-0.39, 0.29) is 0 Å². The molecule has 0 heterocycles. The highest BCUT2D eigenvalue weighted by Crippen LogP contribution is 2.63. The van der Waals surface area contributed by atoms with Crippen LogP contribution in [0.3, 0.4) is 0 Å². The third kappa shape index (κ3) is 1.96. The van der Waals surface area contributed by atoms with Gasteiger partial charge in [0.05, 0.1) is 0 Å². The van der Waals surface area contributed by atoms with Crippen LogP contribution in [-0.4, -0.2) is 5.16 Å². The van der Waals surface area contributed by atoms with Crippen LogP contribution in [0, 0.1) is 35.5 Å². The molecule has 4 rings (SSSR count). The predicted octanol–water partition coefficient (Wildman–Crippen LogP) is 5.27. The molecule has 0 nitrogen and oxygen atoms in total. The van der Waals surface area contributed by atoms with Crippen molar-refractivity contribution in [3.63, 3.8) is 0 Å². The van der Waals surface area contributed by atoms with Gasteiger partial charge in [0, 0.05) is 0 Å². The van der Waals surface area contributed by atoms with Gasteiger partial charge < -0.3 is 0 Å². The standard InChI is InChI=1S/C18H31P/c1-2-7-18(19,16-10-12-3-5-14(16)8-12)17-11-13-4-6-15(17)9-13/h12-17H,2-11,19H2,1H3. The van der Waals surface area contributed by atoms with Gasteiger partial charge >= 0.3 is 0 Å². The van der Waals surface area contributed by atoms with E-state index in [1.165, 1.54) is 12.8 Å². The van der Waals surface area contributed by atoms with Crippen molar-refractivity contribution in [1.29, 1.82) is 0 Å². The predicted molar refractivity (Wildman–Crippen MR) is 85.2 cm³/mol. The molecule has 7 atom stereocenters. The van der Waals surface area contributed by atoms with Crippen LogP contribution in [0.2, 0.25) is 0 Å². The Balaban J connectivity index is 1.59. The highest BCUT2D eigenvalue weighted by molar-refractivity contribution is 7.19. The fourth-order valence-corrected chi connectivity index (χ4v) is 7.99. The maximum absolute atomic E-state index is 3.47. The van der Waals surface area contributed by atoms with Gasteiger partial charge in [0.1, 0.15) is 0 Å². The average molecular weight is 278 g/mol. The Kier molecular flexibility index (Phi) is 3.26. The van der Waals surface area contributed by atoms with Gasteiger partial charge in [-0.2, -0.15) is 0 Å². The van der Waals surface area contributed by atoms with Crippen molar-refractivity contribution in [2.45, 2.75) is 76.3 Å². The third-order valence-corrected chi connectivity index (χ3v) is 8.68. The van der Waals surface area contributed by atoms with Crippen LogP contribution in [0.25, 0.3) is 0 Å². The van der Waals surface area contributed by atoms with Crippen molar-refractivity contribution in [3.8, 4) is 0 Å². The highest BCUT2D eigenvalue weighted by Gasteiger charge is 2.55. The zero-order valence-electron chi connectivity index (χ0n) is 12.6. The van der Waals surface area contributed by atoms with E-state index in [9.17, 15) is 0 Å². The summed E-state index contributed by atoms with van der Waals surface area (Å²) in [4.78, 5) is 0. The molecule has 0 aromatic heterocycles. The summed E-state index contributed by atoms with van der Waals surface area (Å²) in [6.07, 6.45) is 15.5. The van der Waals surface area contributed by atoms with Gasteiger partial charge in [-0.3, -0.25) is 0 Å². The molecule has 108 valence electrons. The lowest BCUT2D eigenvalue weighted by Gasteiger charge is -2.47. The summed E-state index contributed by atoms with van der Waals surface area (Å²) in [6.45, 7) is 2.42. The first-order valence-electron chi connectivity index (χ1n) is 8.99. The quantitative estimate of drug-likeness (QED) is 0.614. The molecule has 4 aliphatic carbocycles. The molecule has 0 spiro atoms. The largest absolute Gasteiger partial charge is 0.131 e. The third-order valence-electron chi connectivity index (χ3n) is 7.54. The molecule has 7 unspecified atom stereocenters. The van der Waals surface area contributed by atoms with E-state index in [2.05, 4.69) is 16.2 Å². The Hall–Kier alpha value is 0.430. The molecule has 4 saturated carbocycles. The van der Waals surface area contributed by atoms with E-state index >= 15 is 0 Å². The minimum atomic E-state index is 0.633. The first kappa shape index (κ1) is 13.1. The van der Waals surface area contributed by atoms with Crippen molar-refractivity contribution in [2.24, 2.45) is 35.5 Å². The topological polar surface area (TPSA) is 0 Å². The maximum atomic E-state index is 3.47. The summed E-state index contributed by atoms with van der Waals surface area (Å²) in [6, 6.07) is 0. The lowest BCUT2D eigenvalue weighted by Crippen LogP contribution is -2.44. The molecular weight excluding hydrogens is 247 g/mol. The van der Waals surface area contributed by atoms with Gasteiger partial charge in [0.2, 0.25) is 0 Å². The number of fused-ring (bicyclic) bond motifs is 4. The lowest BCUT2D eigenvalue weighted by molar-refractivity contribution is 0.141. The van der Waals surface area contributed by atoms with E-state index in [0.29, 0.717) is 5.16 Å². The van der Waals surface area contributed by atoms with E-state index in [4.69, 9.17) is 0 Å². The zero-order valence-corrected chi connectivity index (χ0v) is 13.8. The van der Waals surface area contributed by atoms with E-state index in [1.54, 1.807) is 51.4 Å². The van der Waals surface area contributed by atoms with Crippen molar-refractivity contribution >= 4 is 9.24 Å². The molecule has 0 aromatic carbocycles. The second-order valence-electron chi connectivity index (χ2n) is 8.43. The van der Waals surface area contributed by atoms with Crippen molar-refractivity contribution in [1.82, 2.24) is 0 Å². The molecule has 4 aliphatic rings. The van der Waals surface area contributed by atoms with Crippen molar-refractivity contribution in [2.75, 3.05) is 0 Å². The van der Waals surface area contributed by atoms with Crippen LogP contribution in [0.5, 0.6) is 0 Å². The molecule has 0 saturated heterocycles. The van der Waals surface area contributed by atoms with E-state index in [0.717, 1.165) is 35.5 Å². The lowest BCUT2D eigenvalue weighted by atomic mass is 9.66. The minimum absolute atomic E-state index is 0.633. The van der Waals surface area contributed by atoms with Gasteiger partial charge in [0.15, 0.2) is 0 Å². The molecule has 0 N–H and O–H groups in total. The number of hydrogen-bond acceptors (Lipinski definition) is 0. The summed E-state index contributed by atoms with van der Waals surface area (Å²) in [5.41, 5.74) is 0. The summed E-state index contributed by atoms with van der Waals surface area (Å²) in [5, 5.41) is 0.633. The molecule has 1 heteroatoms. The van der Waals surface area contributed by atoms with E-state index in [1.807, 2.05) is 0 Å². The molecule has 0 aromatic rings. The van der Waals surface area contributed by atoms with Crippen LogP contribution in [-0.2, 0) is 0 Å². The monoisotopic (exact) mass is 278 g/mol. The Labute approximate surface area is 121 Å². The van der Waals surface area contributed by atoms with Crippen molar-refractivity contribution in [3.05, 3.63) is 0 Å². The number of hydrogen-bond donors (Lipinski definition) is 0. The number of rotatable bonds is 4. The van der Waals surface area contributed by atoms with Crippen LogP contribution in [0.1, 0.15) is 71.1 Å². The Morgan fingerprint density at radius 1 is 0.842 bits per heavy atom. The Bertz CT molecular complexity index is 322.